The second-order valence-corrected chi connectivity index (χ2v) is 9.43. The van der Waals surface area contributed by atoms with Gasteiger partial charge in [-0.3, -0.25) is 9.59 Å². The third kappa shape index (κ3) is 7.63. The van der Waals surface area contributed by atoms with Crippen LogP contribution in [-0.4, -0.2) is 10.2 Å². The summed E-state index contributed by atoms with van der Waals surface area (Å²) in [5, 5.41) is -0.0671. The Balaban J connectivity index is 1.80. The molecule has 2 aromatic carbocycles. The number of benzene rings is 2. The maximum absolute atomic E-state index is 11.6. The molecule has 0 saturated carbocycles. The summed E-state index contributed by atoms with van der Waals surface area (Å²) in [6.45, 7) is 10.7. The molecule has 0 amide bonds. The van der Waals surface area contributed by atoms with E-state index in [1.54, 1.807) is 13.8 Å². The van der Waals surface area contributed by atoms with E-state index in [2.05, 4.69) is 13.2 Å². The molecule has 0 heterocycles. The van der Waals surface area contributed by atoms with Crippen LogP contribution in [0.25, 0.3) is 0 Å². The van der Waals surface area contributed by atoms with Crippen molar-refractivity contribution < 1.29 is 13.2 Å². The van der Waals surface area contributed by atoms with E-state index in [9.17, 15) is 9.59 Å². The predicted octanol–water partition coefficient (Wildman–Crippen LogP) is 6.81. The molecule has 0 aliphatic heterocycles. The smallest absolute Gasteiger partial charge is 0.219 e. The first kappa shape index (κ1) is 21.9. The summed E-state index contributed by atoms with van der Waals surface area (Å²) in [6.07, 6.45) is 0. The topological polar surface area (TPSA) is 43.4 Å². The molecule has 3 nitrogen and oxygen atoms in total. The van der Waals surface area contributed by atoms with Gasteiger partial charge in [0.15, 0.2) is 0 Å². The molecule has 0 atom stereocenters. The summed E-state index contributed by atoms with van der Waals surface area (Å²) >= 11 is 4.82. The summed E-state index contributed by atoms with van der Waals surface area (Å²) in [6, 6.07) is 15.1. The van der Waals surface area contributed by atoms with Crippen molar-refractivity contribution in [3.05, 3.63) is 72.8 Å². The normalized spacial score (nSPS) is 10.4. The molecule has 0 aliphatic rings. The monoisotopic (exact) mass is 434 g/mol. The molecule has 140 valence electrons. The molecule has 2 aromatic rings. The van der Waals surface area contributed by atoms with Crippen molar-refractivity contribution in [2.75, 3.05) is 0 Å². The van der Waals surface area contributed by atoms with Crippen molar-refractivity contribution >= 4 is 57.8 Å². The van der Waals surface area contributed by atoms with Gasteiger partial charge in [-0.05, 0) is 97.0 Å². The van der Waals surface area contributed by atoms with Gasteiger partial charge in [0.05, 0.1) is 0 Å². The fraction of sp³-hybridized carbons (Fsp3) is 0.100. The molecule has 0 spiro atoms. The zero-order valence-corrected chi connectivity index (χ0v) is 18.2. The minimum atomic E-state index is -0.0335. The van der Waals surface area contributed by atoms with Crippen LogP contribution in [0, 0.1) is 0 Å². The van der Waals surface area contributed by atoms with Gasteiger partial charge in [0.1, 0.15) is 0 Å². The fourth-order valence-corrected chi connectivity index (χ4v) is 4.19. The lowest BCUT2D eigenvalue weighted by Gasteiger charge is -2.04. The van der Waals surface area contributed by atoms with Crippen LogP contribution in [0.5, 0.6) is 0 Å². The Morgan fingerprint density at radius 2 is 0.963 bits per heavy atom. The van der Waals surface area contributed by atoms with Crippen molar-refractivity contribution in [1.82, 2.24) is 0 Å². The van der Waals surface area contributed by atoms with Gasteiger partial charge in [-0.2, -0.15) is 0 Å². The van der Waals surface area contributed by atoms with Crippen LogP contribution in [0.2, 0.25) is 0 Å². The highest BCUT2D eigenvalue weighted by Gasteiger charge is 2.07. The summed E-state index contributed by atoms with van der Waals surface area (Å²) in [5.74, 6) is 0. The lowest BCUT2D eigenvalue weighted by Crippen LogP contribution is -1.90. The largest absolute Gasteiger partial charge is 0.282 e. The Bertz CT molecular complexity index is 771. The number of rotatable bonds is 8. The van der Waals surface area contributed by atoms with E-state index in [4.69, 9.17) is 3.63 Å². The van der Waals surface area contributed by atoms with Crippen LogP contribution in [0.4, 0.5) is 0 Å². The van der Waals surface area contributed by atoms with Gasteiger partial charge in [-0.25, -0.2) is 3.63 Å². The minimum Gasteiger partial charge on any atom is -0.282 e. The van der Waals surface area contributed by atoms with Crippen LogP contribution in [0.15, 0.2) is 92.4 Å². The molecule has 0 saturated heterocycles. The molecule has 0 aromatic heterocycles. The van der Waals surface area contributed by atoms with Crippen LogP contribution >= 0.6 is 47.6 Å². The van der Waals surface area contributed by atoms with Crippen molar-refractivity contribution in [3.8, 4) is 0 Å². The van der Waals surface area contributed by atoms with Crippen molar-refractivity contribution in [1.29, 1.82) is 0 Å². The first-order valence-electron chi connectivity index (χ1n) is 7.82. The Hall–Kier alpha value is -1.38. The molecular formula is C20H18O3S4. The maximum atomic E-state index is 11.6. The summed E-state index contributed by atoms with van der Waals surface area (Å²) in [7, 11) is 0. The summed E-state index contributed by atoms with van der Waals surface area (Å²) in [4.78, 5) is 26.9. The quantitative estimate of drug-likeness (QED) is 0.257. The molecule has 0 bridgehead atoms. The molecule has 0 radical (unpaired) electrons. The maximum Gasteiger partial charge on any atom is 0.219 e. The Morgan fingerprint density at radius 3 is 1.26 bits per heavy atom. The van der Waals surface area contributed by atoms with E-state index in [1.165, 1.54) is 24.1 Å². The lowest BCUT2D eigenvalue weighted by atomic mass is 10.4. The van der Waals surface area contributed by atoms with E-state index >= 15 is 0 Å². The van der Waals surface area contributed by atoms with Gasteiger partial charge < -0.3 is 0 Å². The average Bonchev–Trinajstić information content (AvgIpc) is 2.64. The third-order valence-corrected chi connectivity index (χ3v) is 6.58. The van der Waals surface area contributed by atoms with Crippen molar-refractivity contribution in [2.24, 2.45) is 0 Å². The van der Waals surface area contributed by atoms with Crippen LogP contribution in [0.1, 0.15) is 13.8 Å². The molecule has 0 N–H and O–H groups in total. The lowest BCUT2D eigenvalue weighted by molar-refractivity contribution is -0.108. The van der Waals surface area contributed by atoms with Gasteiger partial charge in [0.25, 0.3) is 0 Å². The standard InChI is InChI=1S/C20H18O3S4/c1-13(2)19(21)24-15-5-9-17(10-6-15)26-23-27-18-11-7-16(8-12-18)25-20(22)14(3)4/h5-12H,1,3H2,2,4H3. The molecule has 0 unspecified atom stereocenters. The van der Waals surface area contributed by atoms with E-state index in [1.807, 2.05) is 48.5 Å². The fourth-order valence-electron chi connectivity index (χ4n) is 1.61. The Labute approximate surface area is 176 Å². The Morgan fingerprint density at radius 1 is 0.667 bits per heavy atom. The SMILES string of the molecule is C=C(C)C(=O)Sc1ccc(SOSc2ccc(SC(=O)C(=C)C)cc2)cc1. The minimum absolute atomic E-state index is 0.0335. The second kappa shape index (κ2) is 10.8. The van der Waals surface area contributed by atoms with Gasteiger partial charge in [0, 0.05) is 43.7 Å². The van der Waals surface area contributed by atoms with E-state index in [0.29, 0.717) is 11.1 Å². The van der Waals surface area contributed by atoms with E-state index in [-0.39, 0.29) is 10.2 Å². The summed E-state index contributed by atoms with van der Waals surface area (Å²) < 4.78 is 5.58. The first-order valence-corrected chi connectivity index (χ1v) is 10.9. The number of carbonyl (C=O) groups excluding carboxylic acids is 2. The highest BCUT2D eigenvalue weighted by molar-refractivity contribution is 8.14. The molecule has 0 aliphatic carbocycles. The van der Waals surface area contributed by atoms with Crippen LogP contribution in [-0.2, 0) is 13.2 Å². The predicted molar refractivity (Wildman–Crippen MR) is 117 cm³/mol. The summed E-state index contributed by atoms with van der Waals surface area (Å²) in [5.41, 5.74) is 1.07. The van der Waals surface area contributed by atoms with Crippen molar-refractivity contribution in [2.45, 2.75) is 33.4 Å². The molecule has 0 fully saturated rings. The second-order valence-electron chi connectivity index (χ2n) is 5.52. The molecule has 27 heavy (non-hydrogen) atoms. The number of thioether (sulfide) groups is 2. The molecule has 7 heteroatoms. The van der Waals surface area contributed by atoms with Gasteiger partial charge in [0.2, 0.25) is 10.2 Å². The van der Waals surface area contributed by atoms with Crippen molar-refractivity contribution in [3.63, 3.8) is 0 Å². The number of carbonyl (C=O) groups is 2. The van der Waals surface area contributed by atoms with Crippen LogP contribution in [0.3, 0.4) is 0 Å². The van der Waals surface area contributed by atoms with Crippen LogP contribution < -0.4 is 0 Å². The van der Waals surface area contributed by atoms with Gasteiger partial charge in [-0.1, -0.05) is 13.2 Å². The molecular weight excluding hydrogens is 416 g/mol. The number of hydrogen-bond donors (Lipinski definition) is 0. The number of hydrogen-bond acceptors (Lipinski definition) is 7. The third-order valence-electron chi connectivity index (χ3n) is 3.03. The van der Waals surface area contributed by atoms with E-state index < -0.39 is 0 Å². The van der Waals surface area contributed by atoms with Gasteiger partial charge >= 0.3 is 0 Å². The average molecular weight is 435 g/mol. The first-order chi connectivity index (χ1) is 12.8. The highest BCUT2D eigenvalue weighted by atomic mass is 32.2. The van der Waals surface area contributed by atoms with Gasteiger partial charge in [-0.15, -0.1) is 0 Å². The zero-order valence-electron chi connectivity index (χ0n) is 14.9. The van der Waals surface area contributed by atoms with E-state index in [0.717, 1.165) is 43.1 Å². The molecule has 2 rings (SSSR count). The highest BCUT2D eigenvalue weighted by Crippen LogP contribution is 2.32. The zero-order chi connectivity index (χ0) is 19.8. The Kier molecular flexibility index (Phi) is 8.79.